The van der Waals surface area contributed by atoms with Crippen molar-refractivity contribution in [1.29, 1.82) is 5.26 Å². The Balaban J connectivity index is 1.61. The second-order valence-corrected chi connectivity index (χ2v) is 10.9. The summed E-state index contributed by atoms with van der Waals surface area (Å²) < 4.78 is 57.4. The molecular formula is C20H23N3O5S2. The average Bonchev–Trinajstić information content (AvgIpc) is 2.78. The summed E-state index contributed by atoms with van der Waals surface area (Å²) in [5, 5.41) is 9.19. The number of nitriles is 1. The standard InChI is InChI=1S/C20H23N3O5S2/c1-28-18-6-4-7-19(15-18)29(24,25)14-13-22-9-11-23(12-10-22)30(26,27)20-8-3-2-5-17(20)16-21/h2-8,15H,9-14H2,1H3. The van der Waals surface area contributed by atoms with E-state index in [1.807, 2.05) is 11.0 Å². The molecule has 0 spiro atoms. The molecular weight excluding hydrogens is 426 g/mol. The van der Waals surface area contributed by atoms with Crippen LogP contribution < -0.4 is 4.74 Å². The summed E-state index contributed by atoms with van der Waals surface area (Å²) >= 11 is 0. The van der Waals surface area contributed by atoms with Gasteiger partial charge in [0.05, 0.1) is 28.2 Å². The van der Waals surface area contributed by atoms with Crippen LogP contribution in [0.25, 0.3) is 0 Å². The highest BCUT2D eigenvalue weighted by atomic mass is 32.2. The highest BCUT2D eigenvalue weighted by Crippen LogP contribution is 2.22. The van der Waals surface area contributed by atoms with Crippen molar-refractivity contribution < 1.29 is 21.6 Å². The molecule has 1 saturated heterocycles. The molecule has 0 atom stereocenters. The third-order valence-corrected chi connectivity index (χ3v) is 8.68. The van der Waals surface area contributed by atoms with Gasteiger partial charge in [0.1, 0.15) is 11.8 Å². The van der Waals surface area contributed by atoms with Gasteiger partial charge in [0.25, 0.3) is 0 Å². The minimum Gasteiger partial charge on any atom is -0.497 e. The van der Waals surface area contributed by atoms with Gasteiger partial charge in [-0.15, -0.1) is 0 Å². The van der Waals surface area contributed by atoms with Crippen LogP contribution in [0.2, 0.25) is 0 Å². The van der Waals surface area contributed by atoms with Gasteiger partial charge in [0.15, 0.2) is 9.84 Å². The van der Waals surface area contributed by atoms with E-state index in [4.69, 9.17) is 4.74 Å². The van der Waals surface area contributed by atoms with Gasteiger partial charge in [-0.05, 0) is 30.3 Å². The zero-order valence-electron chi connectivity index (χ0n) is 16.6. The molecule has 0 radical (unpaired) electrons. The normalized spacial score (nSPS) is 16.1. The second-order valence-electron chi connectivity index (χ2n) is 6.85. The number of ether oxygens (including phenoxy) is 1. The number of nitrogens with zero attached hydrogens (tertiary/aromatic N) is 3. The molecule has 1 aliphatic heterocycles. The summed E-state index contributed by atoms with van der Waals surface area (Å²) in [4.78, 5) is 2.14. The van der Waals surface area contributed by atoms with Crippen LogP contribution in [-0.2, 0) is 19.9 Å². The molecule has 3 rings (SSSR count). The Morgan fingerprint density at radius 2 is 1.70 bits per heavy atom. The molecule has 0 bridgehead atoms. The van der Waals surface area contributed by atoms with Crippen molar-refractivity contribution in [3.8, 4) is 11.8 Å². The fourth-order valence-electron chi connectivity index (χ4n) is 3.28. The van der Waals surface area contributed by atoms with E-state index in [1.165, 1.54) is 35.7 Å². The van der Waals surface area contributed by atoms with Crippen molar-refractivity contribution in [3.63, 3.8) is 0 Å². The summed E-state index contributed by atoms with van der Waals surface area (Å²) in [6, 6.07) is 14.4. The van der Waals surface area contributed by atoms with Crippen LogP contribution in [0.3, 0.4) is 0 Å². The molecule has 0 aliphatic carbocycles. The zero-order chi connectivity index (χ0) is 21.8. The van der Waals surface area contributed by atoms with Crippen LogP contribution in [0.1, 0.15) is 5.56 Å². The molecule has 1 fully saturated rings. The molecule has 2 aromatic carbocycles. The Labute approximate surface area is 177 Å². The molecule has 1 aliphatic rings. The lowest BCUT2D eigenvalue weighted by molar-refractivity contribution is 0.197. The molecule has 8 nitrogen and oxygen atoms in total. The Bertz CT molecular complexity index is 1150. The second kappa shape index (κ2) is 9.14. The molecule has 0 amide bonds. The van der Waals surface area contributed by atoms with E-state index in [0.29, 0.717) is 25.4 Å². The number of hydrogen-bond acceptors (Lipinski definition) is 7. The number of sulfone groups is 1. The monoisotopic (exact) mass is 449 g/mol. The van der Waals surface area contributed by atoms with Gasteiger partial charge >= 0.3 is 0 Å². The van der Waals surface area contributed by atoms with E-state index in [-0.39, 0.29) is 34.2 Å². The molecule has 0 N–H and O–H groups in total. The number of sulfonamides is 1. The fourth-order valence-corrected chi connectivity index (χ4v) is 6.16. The maximum Gasteiger partial charge on any atom is 0.244 e. The first-order valence-electron chi connectivity index (χ1n) is 9.36. The van der Waals surface area contributed by atoms with Crippen LogP contribution in [0.4, 0.5) is 0 Å². The summed E-state index contributed by atoms with van der Waals surface area (Å²) in [7, 11) is -5.77. The molecule has 0 unspecified atom stereocenters. The third kappa shape index (κ3) is 4.82. The SMILES string of the molecule is COc1cccc(S(=O)(=O)CCN2CCN(S(=O)(=O)c3ccccc3C#N)CC2)c1. The van der Waals surface area contributed by atoms with E-state index in [1.54, 1.807) is 24.3 Å². The van der Waals surface area contributed by atoms with Crippen molar-refractivity contribution in [2.45, 2.75) is 9.79 Å². The highest BCUT2D eigenvalue weighted by molar-refractivity contribution is 7.91. The van der Waals surface area contributed by atoms with Crippen LogP contribution in [0.15, 0.2) is 58.3 Å². The quantitative estimate of drug-likeness (QED) is 0.628. The fraction of sp³-hybridized carbons (Fsp3) is 0.350. The van der Waals surface area contributed by atoms with Crippen LogP contribution in [-0.4, -0.2) is 71.6 Å². The molecule has 0 saturated carbocycles. The molecule has 0 aromatic heterocycles. The van der Waals surface area contributed by atoms with E-state index < -0.39 is 19.9 Å². The smallest absolute Gasteiger partial charge is 0.244 e. The molecule has 1 heterocycles. The van der Waals surface area contributed by atoms with Crippen LogP contribution in [0, 0.1) is 11.3 Å². The lowest BCUT2D eigenvalue weighted by atomic mass is 10.2. The largest absolute Gasteiger partial charge is 0.497 e. The first-order chi connectivity index (χ1) is 14.3. The van der Waals surface area contributed by atoms with Crippen molar-refractivity contribution in [2.24, 2.45) is 0 Å². The lowest BCUT2D eigenvalue weighted by Crippen LogP contribution is -2.49. The average molecular weight is 450 g/mol. The Morgan fingerprint density at radius 1 is 1.00 bits per heavy atom. The van der Waals surface area contributed by atoms with E-state index in [2.05, 4.69) is 0 Å². The summed E-state index contributed by atoms with van der Waals surface area (Å²) in [6.07, 6.45) is 0. The maximum atomic E-state index is 12.9. The van der Waals surface area contributed by atoms with Crippen molar-refractivity contribution in [1.82, 2.24) is 9.21 Å². The van der Waals surface area contributed by atoms with E-state index >= 15 is 0 Å². The van der Waals surface area contributed by atoms with Crippen molar-refractivity contribution in [3.05, 3.63) is 54.1 Å². The van der Waals surface area contributed by atoms with Gasteiger partial charge < -0.3 is 4.74 Å². The number of hydrogen-bond donors (Lipinski definition) is 0. The van der Waals surface area contributed by atoms with Gasteiger partial charge in [-0.3, -0.25) is 4.90 Å². The summed E-state index contributed by atoms with van der Waals surface area (Å²) in [5.74, 6) is 0.414. The van der Waals surface area contributed by atoms with E-state index in [0.717, 1.165) is 0 Å². The lowest BCUT2D eigenvalue weighted by Gasteiger charge is -2.34. The van der Waals surface area contributed by atoms with Crippen LogP contribution >= 0.6 is 0 Å². The number of methoxy groups -OCH3 is 1. The zero-order valence-corrected chi connectivity index (χ0v) is 18.2. The highest BCUT2D eigenvalue weighted by Gasteiger charge is 2.30. The van der Waals surface area contributed by atoms with Gasteiger partial charge in [-0.2, -0.15) is 9.57 Å². The predicted octanol–water partition coefficient (Wildman–Crippen LogP) is 1.35. The molecule has 2 aromatic rings. The minimum atomic E-state index is -3.77. The minimum absolute atomic E-state index is 0.00144. The third-order valence-electron chi connectivity index (χ3n) is 5.03. The Kier molecular flexibility index (Phi) is 6.77. The first kappa shape index (κ1) is 22.2. The molecule has 30 heavy (non-hydrogen) atoms. The van der Waals surface area contributed by atoms with E-state index in [9.17, 15) is 22.1 Å². The molecule has 10 heteroatoms. The molecule has 160 valence electrons. The van der Waals surface area contributed by atoms with Gasteiger partial charge in [0.2, 0.25) is 10.0 Å². The number of benzene rings is 2. The van der Waals surface area contributed by atoms with Crippen molar-refractivity contribution >= 4 is 19.9 Å². The summed E-state index contributed by atoms with van der Waals surface area (Å²) in [5.41, 5.74) is 0.115. The summed E-state index contributed by atoms with van der Waals surface area (Å²) in [6.45, 7) is 1.62. The number of piperazine rings is 1. The Hall–Kier alpha value is -2.45. The van der Waals surface area contributed by atoms with Crippen molar-refractivity contribution in [2.75, 3.05) is 45.6 Å². The van der Waals surface area contributed by atoms with Gasteiger partial charge in [0, 0.05) is 32.7 Å². The van der Waals surface area contributed by atoms with Crippen LogP contribution in [0.5, 0.6) is 5.75 Å². The topological polar surface area (TPSA) is 108 Å². The Morgan fingerprint density at radius 3 is 2.37 bits per heavy atom. The first-order valence-corrected chi connectivity index (χ1v) is 12.5. The van der Waals surface area contributed by atoms with Gasteiger partial charge in [-0.1, -0.05) is 18.2 Å². The maximum absolute atomic E-state index is 12.9. The number of rotatable bonds is 7. The predicted molar refractivity (Wildman–Crippen MR) is 111 cm³/mol. The van der Waals surface area contributed by atoms with Gasteiger partial charge in [-0.25, -0.2) is 16.8 Å².